The van der Waals surface area contributed by atoms with Gasteiger partial charge in [0.15, 0.2) is 0 Å². The van der Waals surface area contributed by atoms with Crippen LogP contribution in [-0.2, 0) is 6.61 Å². The summed E-state index contributed by atoms with van der Waals surface area (Å²) in [5, 5.41) is 10.8. The molecule has 0 unspecified atom stereocenters. The lowest BCUT2D eigenvalue weighted by Crippen LogP contribution is -2.25. The second-order valence-electron chi connectivity index (χ2n) is 7.70. The van der Waals surface area contributed by atoms with Crippen LogP contribution in [0.2, 0.25) is 0 Å². The maximum Gasteiger partial charge on any atom is 0.326 e. The maximum absolute atomic E-state index is 12.7. The molecule has 2 aromatic carbocycles. The minimum absolute atomic E-state index is 0.0706. The standard InChI is InChI=1S/C26H17N5O4/c27-13-17-11-19(35-14-18-6-5-15-3-1-2-4-21(15)29-18)7-8-20(17)24-23(25(33)31-26(34)30-24)16-9-10-28-22(32)12-16/h1-12H,14H2,(H,28,32)(H2,30,31,33,34). The van der Waals surface area contributed by atoms with Crippen LogP contribution in [0.1, 0.15) is 11.3 Å². The van der Waals surface area contributed by atoms with E-state index in [2.05, 4.69) is 26.0 Å². The molecule has 9 heteroatoms. The molecule has 170 valence electrons. The van der Waals surface area contributed by atoms with E-state index < -0.39 is 16.8 Å². The molecule has 5 aromatic rings. The Labute approximate surface area is 197 Å². The Kier molecular flexibility index (Phi) is 5.53. The van der Waals surface area contributed by atoms with Crippen molar-refractivity contribution in [2.24, 2.45) is 0 Å². The number of fused-ring (bicyclic) bond motifs is 1. The summed E-state index contributed by atoms with van der Waals surface area (Å²) in [6.07, 6.45) is 1.40. The third-order valence-electron chi connectivity index (χ3n) is 5.43. The SMILES string of the molecule is N#Cc1cc(OCc2ccc3ccccc3n2)ccc1-c1[nH]c(=O)[nH]c(=O)c1-c1cc[nH]c(=O)c1. The minimum Gasteiger partial charge on any atom is -0.487 e. The number of nitrogens with one attached hydrogen (secondary N) is 3. The van der Waals surface area contributed by atoms with E-state index in [0.29, 0.717) is 16.9 Å². The molecule has 0 fully saturated rings. The van der Waals surface area contributed by atoms with Crippen molar-refractivity contribution in [1.29, 1.82) is 5.26 Å². The molecule has 35 heavy (non-hydrogen) atoms. The Morgan fingerprint density at radius 2 is 1.80 bits per heavy atom. The molecule has 0 saturated carbocycles. The van der Waals surface area contributed by atoms with E-state index in [4.69, 9.17) is 4.74 Å². The molecule has 3 N–H and O–H groups in total. The maximum atomic E-state index is 12.7. The predicted octanol–water partition coefficient (Wildman–Crippen LogP) is 3.08. The fourth-order valence-corrected chi connectivity index (χ4v) is 3.83. The van der Waals surface area contributed by atoms with Crippen molar-refractivity contribution in [1.82, 2.24) is 19.9 Å². The van der Waals surface area contributed by atoms with Gasteiger partial charge in [-0.15, -0.1) is 0 Å². The van der Waals surface area contributed by atoms with E-state index in [9.17, 15) is 19.6 Å². The predicted molar refractivity (Wildman–Crippen MR) is 130 cm³/mol. The lowest BCUT2D eigenvalue weighted by Gasteiger charge is -2.12. The highest BCUT2D eigenvalue weighted by molar-refractivity contribution is 5.83. The van der Waals surface area contributed by atoms with E-state index in [1.165, 1.54) is 24.4 Å². The van der Waals surface area contributed by atoms with Crippen LogP contribution in [0, 0.1) is 11.3 Å². The smallest absolute Gasteiger partial charge is 0.326 e. The van der Waals surface area contributed by atoms with Gasteiger partial charge in [-0.1, -0.05) is 24.3 Å². The molecule has 0 atom stereocenters. The van der Waals surface area contributed by atoms with Crippen molar-refractivity contribution in [3.63, 3.8) is 0 Å². The minimum atomic E-state index is -0.731. The van der Waals surface area contributed by atoms with Gasteiger partial charge < -0.3 is 14.7 Å². The summed E-state index contributed by atoms with van der Waals surface area (Å²) in [5.74, 6) is 0.421. The molecule has 0 aliphatic rings. The fourth-order valence-electron chi connectivity index (χ4n) is 3.83. The number of nitrogens with zero attached hydrogens (tertiary/aromatic N) is 2. The van der Waals surface area contributed by atoms with Gasteiger partial charge in [0.25, 0.3) is 5.56 Å². The van der Waals surface area contributed by atoms with Crippen LogP contribution in [0.5, 0.6) is 5.75 Å². The number of rotatable bonds is 5. The Hall–Kier alpha value is -5.23. The van der Waals surface area contributed by atoms with Gasteiger partial charge in [-0.2, -0.15) is 5.26 Å². The molecule has 9 nitrogen and oxygen atoms in total. The van der Waals surface area contributed by atoms with Crippen LogP contribution >= 0.6 is 0 Å². The van der Waals surface area contributed by atoms with Crippen LogP contribution in [0.15, 0.2) is 87.3 Å². The molecule has 3 heterocycles. The molecule has 0 aliphatic heterocycles. The molecule has 0 saturated heterocycles. The van der Waals surface area contributed by atoms with Crippen LogP contribution in [0.4, 0.5) is 0 Å². The van der Waals surface area contributed by atoms with Gasteiger partial charge in [0.1, 0.15) is 12.4 Å². The summed E-state index contributed by atoms with van der Waals surface area (Å²) in [4.78, 5) is 48.4. The first-order valence-corrected chi connectivity index (χ1v) is 10.6. The highest BCUT2D eigenvalue weighted by Crippen LogP contribution is 2.31. The van der Waals surface area contributed by atoms with Crippen molar-refractivity contribution in [2.75, 3.05) is 0 Å². The van der Waals surface area contributed by atoms with Crippen molar-refractivity contribution in [3.05, 3.63) is 115 Å². The molecule has 5 rings (SSSR count). The summed E-state index contributed by atoms with van der Waals surface area (Å²) in [6.45, 7) is 0.189. The van der Waals surface area contributed by atoms with Gasteiger partial charge in [-0.25, -0.2) is 9.78 Å². The van der Waals surface area contributed by atoms with E-state index in [-0.39, 0.29) is 23.4 Å². The second-order valence-corrected chi connectivity index (χ2v) is 7.70. The Morgan fingerprint density at radius 1 is 0.943 bits per heavy atom. The topological polar surface area (TPSA) is 144 Å². The van der Waals surface area contributed by atoms with Crippen molar-refractivity contribution in [2.45, 2.75) is 6.61 Å². The summed E-state index contributed by atoms with van der Waals surface area (Å²) < 4.78 is 5.85. The first-order valence-electron chi connectivity index (χ1n) is 10.6. The largest absolute Gasteiger partial charge is 0.487 e. The van der Waals surface area contributed by atoms with Crippen molar-refractivity contribution in [3.8, 4) is 34.2 Å². The average Bonchev–Trinajstić information content (AvgIpc) is 2.86. The first kappa shape index (κ1) is 21.6. The first-order chi connectivity index (χ1) is 17.0. The van der Waals surface area contributed by atoms with E-state index >= 15 is 0 Å². The zero-order valence-corrected chi connectivity index (χ0v) is 18.2. The summed E-state index contributed by atoms with van der Waals surface area (Å²) in [7, 11) is 0. The molecule has 0 aliphatic carbocycles. The van der Waals surface area contributed by atoms with Gasteiger partial charge in [-0.3, -0.25) is 14.6 Å². The third-order valence-corrected chi connectivity index (χ3v) is 5.43. The van der Waals surface area contributed by atoms with Gasteiger partial charge in [0.05, 0.1) is 34.1 Å². The number of benzene rings is 2. The molecule has 3 aromatic heterocycles. The molecule has 0 spiro atoms. The van der Waals surface area contributed by atoms with Gasteiger partial charge in [-0.05, 0) is 42.0 Å². The number of nitriles is 1. The molecular formula is C26H17N5O4. The van der Waals surface area contributed by atoms with Gasteiger partial charge in [0, 0.05) is 23.2 Å². The number of hydrogen-bond acceptors (Lipinski definition) is 6. The number of aromatic nitrogens is 4. The number of hydrogen-bond donors (Lipinski definition) is 3. The van der Waals surface area contributed by atoms with Crippen molar-refractivity contribution >= 4 is 10.9 Å². The second kappa shape index (κ2) is 8.96. The van der Waals surface area contributed by atoms with E-state index in [1.54, 1.807) is 12.1 Å². The Balaban J connectivity index is 1.51. The van der Waals surface area contributed by atoms with Crippen LogP contribution in [0.3, 0.4) is 0 Å². The molecule has 0 radical (unpaired) electrons. The van der Waals surface area contributed by atoms with Crippen molar-refractivity contribution < 1.29 is 4.74 Å². The monoisotopic (exact) mass is 463 g/mol. The average molecular weight is 463 g/mol. The summed E-state index contributed by atoms with van der Waals surface area (Å²) >= 11 is 0. The molecule has 0 bridgehead atoms. The van der Waals surface area contributed by atoms with Crippen LogP contribution < -0.4 is 21.5 Å². The normalized spacial score (nSPS) is 10.7. The quantitative estimate of drug-likeness (QED) is 0.365. The molecule has 0 amide bonds. The number of pyridine rings is 2. The number of H-pyrrole nitrogens is 3. The highest BCUT2D eigenvalue weighted by Gasteiger charge is 2.17. The van der Waals surface area contributed by atoms with E-state index in [0.717, 1.165) is 16.6 Å². The lowest BCUT2D eigenvalue weighted by molar-refractivity contribution is 0.302. The van der Waals surface area contributed by atoms with E-state index in [1.807, 2.05) is 36.4 Å². The molecular weight excluding hydrogens is 446 g/mol. The van der Waals surface area contributed by atoms with Gasteiger partial charge in [0.2, 0.25) is 5.56 Å². The number of aromatic amines is 3. The number of ether oxygens (including phenoxy) is 1. The Morgan fingerprint density at radius 3 is 2.63 bits per heavy atom. The highest BCUT2D eigenvalue weighted by atomic mass is 16.5. The number of para-hydroxylation sites is 1. The van der Waals surface area contributed by atoms with Crippen LogP contribution in [-0.4, -0.2) is 19.9 Å². The van der Waals surface area contributed by atoms with Gasteiger partial charge >= 0.3 is 5.69 Å². The third kappa shape index (κ3) is 4.36. The zero-order valence-electron chi connectivity index (χ0n) is 18.2. The summed E-state index contributed by atoms with van der Waals surface area (Å²) in [6, 6.07) is 21.2. The lowest BCUT2D eigenvalue weighted by atomic mass is 9.98. The Bertz CT molecular complexity index is 1790. The zero-order chi connectivity index (χ0) is 24.4. The summed E-state index contributed by atoms with van der Waals surface area (Å²) in [5.41, 5.74) is 0.756. The van der Waals surface area contributed by atoms with Crippen LogP contribution in [0.25, 0.3) is 33.3 Å². The fraction of sp³-hybridized carbons (Fsp3) is 0.0385.